The average Bonchev–Trinajstić information content (AvgIpc) is 2.27. The summed E-state index contributed by atoms with van der Waals surface area (Å²) < 4.78 is 0. The number of nitrogens with zero attached hydrogens (tertiary/aromatic N) is 1. The summed E-state index contributed by atoms with van der Waals surface area (Å²) in [6.45, 7) is 12.7. The molecule has 3 unspecified atom stereocenters. The van der Waals surface area contributed by atoms with E-state index in [9.17, 15) is 5.11 Å². The maximum atomic E-state index is 10.1. The predicted octanol–water partition coefficient (Wildman–Crippen LogP) is 1.86. The zero-order valence-corrected chi connectivity index (χ0v) is 12.0. The smallest absolute Gasteiger partial charge is 0.0743 e. The maximum absolute atomic E-state index is 10.1. The van der Waals surface area contributed by atoms with Gasteiger partial charge in [0.25, 0.3) is 0 Å². The molecule has 1 saturated heterocycles. The van der Waals surface area contributed by atoms with E-state index in [1.54, 1.807) is 0 Å². The second-order valence-corrected chi connectivity index (χ2v) is 5.91. The molecule has 1 fully saturated rings. The zero-order valence-electron chi connectivity index (χ0n) is 12.0. The van der Waals surface area contributed by atoms with E-state index in [-0.39, 0.29) is 0 Å². The van der Waals surface area contributed by atoms with Crippen molar-refractivity contribution in [2.75, 3.05) is 26.2 Å². The summed E-state index contributed by atoms with van der Waals surface area (Å²) in [5, 5.41) is 13.7. The lowest BCUT2D eigenvalue weighted by Gasteiger charge is -2.40. The van der Waals surface area contributed by atoms with Gasteiger partial charge in [-0.3, -0.25) is 0 Å². The van der Waals surface area contributed by atoms with Crippen LogP contribution in [0.4, 0.5) is 0 Å². The molecule has 0 spiro atoms. The monoisotopic (exact) mass is 242 g/mol. The lowest BCUT2D eigenvalue weighted by atomic mass is 9.92. The SMILES string of the molecule is CCCNC1CCN(CC(C)(O)CC)CC1C. The van der Waals surface area contributed by atoms with Crippen LogP contribution in [0.25, 0.3) is 0 Å². The van der Waals surface area contributed by atoms with Crippen LogP contribution in [0, 0.1) is 5.92 Å². The van der Waals surface area contributed by atoms with Gasteiger partial charge in [0.05, 0.1) is 5.60 Å². The first-order valence-electron chi connectivity index (χ1n) is 7.16. The maximum Gasteiger partial charge on any atom is 0.0743 e. The topological polar surface area (TPSA) is 35.5 Å². The van der Waals surface area contributed by atoms with E-state index in [0.717, 1.165) is 32.6 Å². The number of nitrogens with one attached hydrogen (secondary N) is 1. The Kier molecular flexibility index (Phi) is 5.90. The number of piperidine rings is 1. The molecule has 102 valence electrons. The average molecular weight is 242 g/mol. The highest BCUT2D eigenvalue weighted by Gasteiger charge is 2.29. The van der Waals surface area contributed by atoms with Crippen LogP contribution in [-0.2, 0) is 0 Å². The molecule has 2 N–H and O–H groups in total. The van der Waals surface area contributed by atoms with Crippen molar-refractivity contribution in [2.45, 2.75) is 58.6 Å². The van der Waals surface area contributed by atoms with Gasteiger partial charge in [0.15, 0.2) is 0 Å². The minimum absolute atomic E-state index is 0.524. The molecule has 0 aromatic rings. The first-order valence-corrected chi connectivity index (χ1v) is 7.16. The summed E-state index contributed by atoms with van der Waals surface area (Å²) in [6.07, 6.45) is 3.24. The van der Waals surface area contributed by atoms with Crippen LogP contribution in [0.3, 0.4) is 0 Å². The Morgan fingerprint density at radius 2 is 2.12 bits per heavy atom. The van der Waals surface area contributed by atoms with Crippen LogP contribution >= 0.6 is 0 Å². The standard InChI is InChI=1S/C14H30N2O/c1-5-8-15-13-7-9-16(10-12(13)3)11-14(4,17)6-2/h12-13,15,17H,5-11H2,1-4H3. The minimum Gasteiger partial charge on any atom is -0.389 e. The number of likely N-dealkylation sites (tertiary alicyclic amines) is 1. The van der Waals surface area contributed by atoms with Crippen molar-refractivity contribution >= 4 is 0 Å². The van der Waals surface area contributed by atoms with Crippen LogP contribution in [0.15, 0.2) is 0 Å². The number of aliphatic hydroxyl groups is 1. The molecule has 1 aliphatic heterocycles. The van der Waals surface area contributed by atoms with Gasteiger partial charge in [0.2, 0.25) is 0 Å². The lowest BCUT2D eigenvalue weighted by molar-refractivity contribution is 0.00102. The lowest BCUT2D eigenvalue weighted by Crippen LogP contribution is -2.52. The third-order valence-electron chi connectivity index (χ3n) is 3.97. The molecular formula is C14H30N2O. The molecule has 1 rings (SSSR count). The first kappa shape index (κ1) is 14.9. The fourth-order valence-electron chi connectivity index (χ4n) is 2.60. The Morgan fingerprint density at radius 1 is 1.41 bits per heavy atom. The van der Waals surface area contributed by atoms with E-state index in [4.69, 9.17) is 0 Å². The minimum atomic E-state index is -0.524. The molecule has 3 atom stereocenters. The third kappa shape index (κ3) is 4.94. The highest BCUT2D eigenvalue weighted by molar-refractivity contribution is 4.86. The van der Waals surface area contributed by atoms with Crippen molar-refractivity contribution in [3.8, 4) is 0 Å². The van der Waals surface area contributed by atoms with Crippen LogP contribution in [-0.4, -0.2) is 47.8 Å². The molecule has 17 heavy (non-hydrogen) atoms. The van der Waals surface area contributed by atoms with Crippen LogP contribution in [0.1, 0.15) is 47.0 Å². The molecule has 0 amide bonds. The first-order chi connectivity index (χ1) is 7.98. The van der Waals surface area contributed by atoms with Gasteiger partial charge in [-0.1, -0.05) is 20.8 Å². The van der Waals surface area contributed by atoms with Gasteiger partial charge in [-0.2, -0.15) is 0 Å². The Bertz CT molecular complexity index is 218. The molecule has 0 radical (unpaired) electrons. The zero-order chi connectivity index (χ0) is 12.9. The largest absolute Gasteiger partial charge is 0.389 e. The molecule has 0 aliphatic carbocycles. The second-order valence-electron chi connectivity index (χ2n) is 5.91. The van der Waals surface area contributed by atoms with Crippen LogP contribution < -0.4 is 5.32 Å². The Morgan fingerprint density at radius 3 is 2.65 bits per heavy atom. The number of hydrogen-bond donors (Lipinski definition) is 2. The van der Waals surface area contributed by atoms with Gasteiger partial charge in [-0.05, 0) is 45.2 Å². The Balaban J connectivity index is 2.36. The van der Waals surface area contributed by atoms with Crippen molar-refractivity contribution in [3.05, 3.63) is 0 Å². The van der Waals surface area contributed by atoms with E-state index in [1.165, 1.54) is 12.8 Å². The number of rotatable bonds is 6. The van der Waals surface area contributed by atoms with E-state index in [0.29, 0.717) is 12.0 Å². The summed E-state index contributed by atoms with van der Waals surface area (Å²) in [5.41, 5.74) is -0.524. The van der Waals surface area contributed by atoms with E-state index in [2.05, 4.69) is 31.0 Å². The molecule has 3 nitrogen and oxygen atoms in total. The Hall–Kier alpha value is -0.120. The van der Waals surface area contributed by atoms with Gasteiger partial charge < -0.3 is 15.3 Å². The van der Waals surface area contributed by atoms with Crippen molar-refractivity contribution in [2.24, 2.45) is 5.92 Å². The van der Waals surface area contributed by atoms with Gasteiger partial charge in [0.1, 0.15) is 0 Å². The molecule has 0 saturated carbocycles. The normalized spacial score (nSPS) is 30.2. The summed E-state index contributed by atoms with van der Waals surface area (Å²) in [6, 6.07) is 0.665. The molecule has 0 aromatic carbocycles. The summed E-state index contributed by atoms with van der Waals surface area (Å²) in [5.74, 6) is 0.683. The van der Waals surface area contributed by atoms with Crippen molar-refractivity contribution in [1.29, 1.82) is 0 Å². The molecule has 0 aromatic heterocycles. The molecule has 1 aliphatic rings. The van der Waals surface area contributed by atoms with E-state index >= 15 is 0 Å². The van der Waals surface area contributed by atoms with E-state index < -0.39 is 5.60 Å². The number of hydrogen-bond acceptors (Lipinski definition) is 3. The van der Waals surface area contributed by atoms with Gasteiger partial charge in [0, 0.05) is 19.1 Å². The number of β-amino-alcohol motifs (C(OH)–C–C–N with tert-alkyl or cyclic N) is 1. The van der Waals surface area contributed by atoms with E-state index in [1.807, 2.05) is 6.92 Å². The summed E-state index contributed by atoms with van der Waals surface area (Å²) >= 11 is 0. The highest BCUT2D eigenvalue weighted by atomic mass is 16.3. The Labute approximate surface area is 107 Å². The van der Waals surface area contributed by atoms with Crippen molar-refractivity contribution in [1.82, 2.24) is 10.2 Å². The summed E-state index contributed by atoms with van der Waals surface area (Å²) in [7, 11) is 0. The quantitative estimate of drug-likeness (QED) is 0.746. The van der Waals surface area contributed by atoms with Crippen LogP contribution in [0.2, 0.25) is 0 Å². The van der Waals surface area contributed by atoms with Gasteiger partial charge in [-0.15, -0.1) is 0 Å². The predicted molar refractivity (Wildman–Crippen MR) is 73.2 cm³/mol. The van der Waals surface area contributed by atoms with Gasteiger partial charge in [-0.25, -0.2) is 0 Å². The fourth-order valence-corrected chi connectivity index (χ4v) is 2.60. The fraction of sp³-hybridized carbons (Fsp3) is 1.00. The highest BCUT2D eigenvalue weighted by Crippen LogP contribution is 2.20. The van der Waals surface area contributed by atoms with Crippen molar-refractivity contribution in [3.63, 3.8) is 0 Å². The molecular weight excluding hydrogens is 212 g/mol. The summed E-state index contributed by atoms with van der Waals surface area (Å²) in [4.78, 5) is 2.41. The second kappa shape index (κ2) is 6.72. The molecule has 3 heteroatoms. The molecule has 1 heterocycles. The van der Waals surface area contributed by atoms with Crippen molar-refractivity contribution < 1.29 is 5.11 Å². The third-order valence-corrected chi connectivity index (χ3v) is 3.97. The van der Waals surface area contributed by atoms with Gasteiger partial charge >= 0.3 is 0 Å². The molecule has 0 bridgehead atoms. The van der Waals surface area contributed by atoms with Crippen LogP contribution in [0.5, 0.6) is 0 Å².